The zero-order chi connectivity index (χ0) is 18.5. The third-order valence-electron chi connectivity index (χ3n) is 4.34. The van der Waals surface area contributed by atoms with Crippen LogP contribution in [0.2, 0.25) is 0 Å². The molecule has 2 aromatic rings. The number of hydrogen-bond acceptors (Lipinski definition) is 4. The van der Waals surface area contributed by atoms with Crippen LogP contribution in [-0.4, -0.2) is 42.9 Å². The van der Waals surface area contributed by atoms with Gasteiger partial charge in [0.05, 0.1) is 13.1 Å². The second kappa shape index (κ2) is 8.38. The third-order valence-corrected chi connectivity index (χ3v) is 5.33. The molecule has 5 nitrogen and oxygen atoms in total. The average molecular weight is 369 g/mol. The fraction of sp³-hybridized carbons (Fsp3) is 0.300. The van der Waals surface area contributed by atoms with Crippen LogP contribution in [0.25, 0.3) is 0 Å². The summed E-state index contributed by atoms with van der Waals surface area (Å²) in [6.45, 7) is 6.02. The summed E-state index contributed by atoms with van der Waals surface area (Å²) in [6, 6.07) is 14.3. The van der Waals surface area contributed by atoms with E-state index in [0.29, 0.717) is 13.1 Å². The number of aryl methyl sites for hydroxylation is 2. The van der Waals surface area contributed by atoms with Gasteiger partial charge in [0.2, 0.25) is 11.8 Å². The lowest BCUT2D eigenvalue weighted by Crippen LogP contribution is -2.49. The zero-order valence-corrected chi connectivity index (χ0v) is 15.9. The van der Waals surface area contributed by atoms with Gasteiger partial charge in [0.15, 0.2) is 0 Å². The molecule has 0 atom stereocenters. The SMILES string of the molecule is Cc1ccc(Sc2ccc(NC(=O)CN3CCNC(=O)C3)cc2)cc1C. The van der Waals surface area contributed by atoms with Gasteiger partial charge in [0.1, 0.15) is 0 Å². The molecule has 1 aliphatic heterocycles. The van der Waals surface area contributed by atoms with E-state index in [0.717, 1.165) is 10.6 Å². The molecular weight excluding hydrogens is 346 g/mol. The molecule has 1 saturated heterocycles. The van der Waals surface area contributed by atoms with Gasteiger partial charge in [0.25, 0.3) is 0 Å². The van der Waals surface area contributed by atoms with Gasteiger partial charge in [-0.2, -0.15) is 0 Å². The van der Waals surface area contributed by atoms with Crippen molar-refractivity contribution < 1.29 is 9.59 Å². The maximum absolute atomic E-state index is 12.1. The summed E-state index contributed by atoms with van der Waals surface area (Å²) in [5.74, 6) is -0.133. The van der Waals surface area contributed by atoms with E-state index in [1.54, 1.807) is 11.8 Å². The van der Waals surface area contributed by atoms with Crippen LogP contribution in [0, 0.1) is 13.8 Å². The largest absolute Gasteiger partial charge is 0.354 e. The van der Waals surface area contributed by atoms with Crippen molar-refractivity contribution in [3.63, 3.8) is 0 Å². The molecule has 1 heterocycles. The average Bonchev–Trinajstić information content (AvgIpc) is 2.60. The fourth-order valence-corrected chi connectivity index (χ4v) is 3.67. The minimum absolute atomic E-state index is 0.0308. The molecule has 6 heteroatoms. The monoisotopic (exact) mass is 369 g/mol. The predicted octanol–water partition coefficient (Wildman–Crippen LogP) is 2.82. The van der Waals surface area contributed by atoms with E-state index in [9.17, 15) is 9.59 Å². The fourth-order valence-electron chi connectivity index (χ4n) is 2.75. The first-order chi connectivity index (χ1) is 12.5. The van der Waals surface area contributed by atoms with Crippen molar-refractivity contribution in [2.75, 3.05) is 31.5 Å². The van der Waals surface area contributed by atoms with E-state index < -0.39 is 0 Å². The van der Waals surface area contributed by atoms with Crippen molar-refractivity contribution in [2.24, 2.45) is 0 Å². The molecule has 2 N–H and O–H groups in total. The Morgan fingerprint density at radius 1 is 1.12 bits per heavy atom. The number of carbonyl (C=O) groups is 2. The van der Waals surface area contributed by atoms with Crippen LogP contribution in [0.1, 0.15) is 11.1 Å². The number of rotatable bonds is 5. The molecule has 0 radical (unpaired) electrons. The Labute approximate surface area is 158 Å². The second-order valence-corrected chi connectivity index (χ2v) is 7.63. The van der Waals surface area contributed by atoms with E-state index >= 15 is 0 Å². The van der Waals surface area contributed by atoms with E-state index in [-0.39, 0.29) is 24.9 Å². The highest BCUT2D eigenvalue weighted by Crippen LogP contribution is 2.29. The van der Waals surface area contributed by atoms with Gasteiger partial charge in [0, 0.05) is 28.6 Å². The number of nitrogens with zero attached hydrogens (tertiary/aromatic N) is 1. The summed E-state index contributed by atoms with van der Waals surface area (Å²) in [5.41, 5.74) is 3.34. The van der Waals surface area contributed by atoms with Crippen molar-refractivity contribution in [3.05, 3.63) is 53.6 Å². The van der Waals surface area contributed by atoms with Crippen LogP contribution in [0.3, 0.4) is 0 Å². The van der Waals surface area contributed by atoms with Crippen molar-refractivity contribution in [1.29, 1.82) is 0 Å². The van der Waals surface area contributed by atoms with E-state index in [2.05, 4.69) is 42.7 Å². The van der Waals surface area contributed by atoms with E-state index in [4.69, 9.17) is 0 Å². The molecule has 1 fully saturated rings. The number of carbonyl (C=O) groups excluding carboxylic acids is 2. The lowest BCUT2D eigenvalue weighted by molar-refractivity contribution is -0.125. The molecule has 2 aromatic carbocycles. The van der Waals surface area contributed by atoms with Crippen molar-refractivity contribution in [3.8, 4) is 0 Å². The quantitative estimate of drug-likeness (QED) is 0.851. The minimum atomic E-state index is -0.103. The third kappa shape index (κ3) is 5.09. The minimum Gasteiger partial charge on any atom is -0.354 e. The van der Waals surface area contributed by atoms with Crippen molar-refractivity contribution in [2.45, 2.75) is 23.6 Å². The Morgan fingerprint density at radius 3 is 2.54 bits per heavy atom. The lowest BCUT2D eigenvalue weighted by Gasteiger charge is -2.25. The summed E-state index contributed by atoms with van der Waals surface area (Å²) < 4.78 is 0. The van der Waals surface area contributed by atoms with Crippen LogP contribution < -0.4 is 10.6 Å². The molecule has 0 spiro atoms. The molecule has 26 heavy (non-hydrogen) atoms. The first-order valence-corrected chi connectivity index (χ1v) is 9.45. The molecule has 1 aliphatic rings. The molecule has 0 aliphatic carbocycles. The van der Waals surface area contributed by atoms with Gasteiger partial charge in [-0.25, -0.2) is 0 Å². The van der Waals surface area contributed by atoms with Crippen LogP contribution >= 0.6 is 11.8 Å². The number of benzene rings is 2. The van der Waals surface area contributed by atoms with Gasteiger partial charge < -0.3 is 10.6 Å². The molecule has 0 saturated carbocycles. The first kappa shape index (κ1) is 18.5. The summed E-state index contributed by atoms with van der Waals surface area (Å²) >= 11 is 1.70. The van der Waals surface area contributed by atoms with Gasteiger partial charge in [-0.3, -0.25) is 14.5 Å². The zero-order valence-electron chi connectivity index (χ0n) is 15.0. The van der Waals surface area contributed by atoms with E-state index in [1.807, 2.05) is 29.2 Å². The van der Waals surface area contributed by atoms with Gasteiger partial charge in [-0.15, -0.1) is 0 Å². The van der Waals surface area contributed by atoms with Crippen molar-refractivity contribution >= 4 is 29.3 Å². The normalized spacial score (nSPS) is 14.8. The molecule has 0 aromatic heterocycles. The molecular formula is C20H23N3O2S. The Bertz CT molecular complexity index is 805. The summed E-state index contributed by atoms with van der Waals surface area (Å²) in [4.78, 5) is 27.7. The maximum Gasteiger partial charge on any atom is 0.238 e. The smallest absolute Gasteiger partial charge is 0.238 e. The highest BCUT2D eigenvalue weighted by atomic mass is 32.2. The van der Waals surface area contributed by atoms with Gasteiger partial charge in [-0.05, 0) is 61.4 Å². The highest BCUT2D eigenvalue weighted by Gasteiger charge is 2.18. The van der Waals surface area contributed by atoms with Crippen LogP contribution in [0.15, 0.2) is 52.3 Å². The number of nitrogens with one attached hydrogen (secondary N) is 2. The van der Waals surface area contributed by atoms with Crippen molar-refractivity contribution in [1.82, 2.24) is 10.2 Å². The predicted molar refractivity (Wildman–Crippen MR) is 105 cm³/mol. The Hall–Kier alpha value is -2.31. The number of anilines is 1. The van der Waals surface area contributed by atoms with Crippen LogP contribution in [-0.2, 0) is 9.59 Å². The molecule has 136 valence electrons. The van der Waals surface area contributed by atoms with Crippen LogP contribution in [0.5, 0.6) is 0 Å². The highest BCUT2D eigenvalue weighted by molar-refractivity contribution is 7.99. The first-order valence-electron chi connectivity index (χ1n) is 8.64. The standard InChI is InChI=1S/C20H23N3O2S/c1-14-3-6-18(11-15(14)2)26-17-7-4-16(5-8-17)22-20(25)13-23-10-9-21-19(24)12-23/h3-8,11H,9-10,12-13H2,1-2H3,(H,21,24)(H,22,25). The molecule has 0 unspecified atom stereocenters. The summed E-state index contributed by atoms with van der Waals surface area (Å²) in [5, 5.41) is 5.64. The van der Waals surface area contributed by atoms with Gasteiger partial charge in [-0.1, -0.05) is 17.8 Å². The number of piperazine rings is 1. The number of hydrogen-bond donors (Lipinski definition) is 2. The Kier molecular flexibility index (Phi) is 5.96. The second-order valence-electron chi connectivity index (χ2n) is 6.48. The molecule has 0 bridgehead atoms. The topological polar surface area (TPSA) is 61.4 Å². The maximum atomic E-state index is 12.1. The van der Waals surface area contributed by atoms with Gasteiger partial charge >= 0.3 is 0 Å². The lowest BCUT2D eigenvalue weighted by atomic mass is 10.1. The van der Waals surface area contributed by atoms with E-state index in [1.165, 1.54) is 16.0 Å². The molecule has 3 rings (SSSR count). The molecule has 2 amide bonds. The Balaban J connectivity index is 1.54. The number of amides is 2. The summed E-state index contributed by atoms with van der Waals surface area (Å²) in [6.07, 6.45) is 0. The Morgan fingerprint density at radius 2 is 1.85 bits per heavy atom. The van der Waals surface area contributed by atoms with Crippen LogP contribution in [0.4, 0.5) is 5.69 Å². The summed E-state index contributed by atoms with van der Waals surface area (Å²) in [7, 11) is 0.